The van der Waals surface area contributed by atoms with Crippen LogP contribution in [0.25, 0.3) is 6.08 Å². The Hall–Kier alpha value is -3.92. The number of benzene rings is 2. The Morgan fingerprint density at radius 2 is 2.06 bits per heavy atom. The lowest BCUT2D eigenvalue weighted by atomic mass is 10.2. The number of aryl methyl sites for hydroxylation is 1. The van der Waals surface area contributed by atoms with E-state index in [0.29, 0.717) is 16.6 Å². The zero-order valence-electron chi connectivity index (χ0n) is 17.4. The number of nitrogens with zero attached hydrogens (tertiary/aromatic N) is 4. The number of hydrogen-bond donors (Lipinski definition) is 1. The topological polar surface area (TPSA) is 101 Å². The number of aliphatic imine (C=N–C) groups is 1. The van der Waals surface area contributed by atoms with Crippen LogP contribution in [0.15, 0.2) is 76.0 Å². The number of methoxy groups -OCH3 is 1. The standard InChI is InChI=1S/C22H19N5O4S/c1-26-13-20(31-25-26)24-19(28)14-32-22-23-18(12-15-7-6-10-17(11-15)30-2)21(29)27(22)16-8-4-3-5-9-16/h3-13H,14H2,1-2H3/p+1/b18-12+. The SMILES string of the molecule is COc1cccc(/C=C2/N=C(SCC(=O)Nc3c[n+](C)no3)N(c3ccccc3)C2=O)c1. The van der Waals surface area contributed by atoms with E-state index in [4.69, 9.17) is 9.26 Å². The highest BCUT2D eigenvalue weighted by atomic mass is 32.2. The van der Waals surface area contributed by atoms with Crippen molar-refractivity contribution in [3.05, 3.63) is 72.1 Å². The van der Waals surface area contributed by atoms with Gasteiger partial charge in [-0.1, -0.05) is 46.8 Å². The first kappa shape index (κ1) is 21.3. The van der Waals surface area contributed by atoms with Crippen molar-refractivity contribution in [3.63, 3.8) is 0 Å². The lowest BCUT2D eigenvalue weighted by molar-refractivity contribution is -0.739. The molecule has 0 spiro atoms. The zero-order valence-corrected chi connectivity index (χ0v) is 18.2. The number of amidine groups is 1. The lowest BCUT2D eigenvalue weighted by Crippen LogP contribution is -2.31. The van der Waals surface area contributed by atoms with Gasteiger partial charge in [-0.3, -0.25) is 24.3 Å². The van der Waals surface area contributed by atoms with E-state index < -0.39 is 0 Å². The molecule has 0 radical (unpaired) electrons. The van der Waals surface area contributed by atoms with Crippen LogP contribution in [0.3, 0.4) is 0 Å². The van der Waals surface area contributed by atoms with E-state index in [2.05, 4.69) is 15.6 Å². The van der Waals surface area contributed by atoms with Crippen LogP contribution in [-0.4, -0.2) is 35.1 Å². The highest BCUT2D eigenvalue weighted by molar-refractivity contribution is 8.14. The van der Waals surface area contributed by atoms with Gasteiger partial charge in [-0.05, 0) is 35.9 Å². The van der Waals surface area contributed by atoms with Crippen molar-refractivity contribution in [3.8, 4) is 5.75 Å². The number of anilines is 2. The van der Waals surface area contributed by atoms with E-state index >= 15 is 0 Å². The molecule has 0 fully saturated rings. The zero-order chi connectivity index (χ0) is 22.5. The molecule has 1 N–H and O–H groups in total. The van der Waals surface area contributed by atoms with Crippen molar-refractivity contribution in [2.75, 3.05) is 23.1 Å². The van der Waals surface area contributed by atoms with E-state index in [1.54, 1.807) is 26.4 Å². The summed E-state index contributed by atoms with van der Waals surface area (Å²) in [5, 5.41) is 6.69. The van der Waals surface area contributed by atoms with Crippen LogP contribution in [0.4, 0.5) is 11.6 Å². The highest BCUT2D eigenvalue weighted by Gasteiger charge is 2.32. The van der Waals surface area contributed by atoms with Crippen LogP contribution in [0.5, 0.6) is 5.75 Å². The molecule has 0 bridgehead atoms. The summed E-state index contributed by atoms with van der Waals surface area (Å²) in [5.74, 6) is 0.373. The Morgan fingerprint density at radius 3 is 2.78 bits per heavy atom. The third kappa shape index (κ3) is 4.86. The van der Waals surface area contributed by atoms with Crippen molar-refractivity contribution >= 4 is 46.4 Å². The molecule has 162 valence electrons. The van der Waals surface area contributed by atoms with Gasteiger partial charge in [-0.15, -0.1) is 0 Å². The van der Waals surface area contributed by atoms with Gasteiger partial charge in [-0.25, -0.2) is 4.99 Å². The monoisotopic (exact) mass is 450 g/mol. The molecule has 9 nitrogen and oxygen atoms in total. The van der Waals surface area contributed by atoms with Crippen molar-refractivity contribution < 1.29 is 23.5 Å². The molecular formula is C22H20N5O4S+. The summed E-state index contributed by atoms with van der Waals surface area (Å²) in [4.78, 5) is 31.5. The third-order valence-corrected chi connectivity index (χ3v) is 5.35. The van der Waals surface area contributed by atoms with Gasteiger partial charge in [-0.2, -0.15) is 0 Å². The van der Waals surface area contributed by atoms with Gasteiger partial charge in [0.2, 0.25) is 5.91 Å². The molecule has 2 aromatic carbocycles. The van der Waals surface area contributed by atoms with Crippen molar-refractivity contribution in [2.24, 2.45) is 12.0 Å². The Balaban J connectivity index is 1.57. The number of thioether (sulfide) groups is 1. The van der Waals surface area contributed by atoms with Crippen LogP contribution in [0, 0.1) is 0 Å². The van der Waals surface area contributed by atoms with Crippen LogP contribution in [0.1, 0.15) is 5.56 Å². The normalized spacial score (nSPS) is 14.6. The molecule has 1 aliphatic rings. The molecule has 3 aromatic rings. The minimum Gasteiger partial charge on any atom is -0.497 e. The molecule has 0 saturated carbocycles. The number of rotatable bonds is 6. The number of ether oxygens (including phenoxy) is 1. The van der Waals surface area contributed by atoms with Gasteiger partial charge in [0.1, 0.15) is 11.4 Å². The number of carbonyl (C=O) groups excluding carboxylic acids is 2. The van der Waals surface area contributed by atoms with E-state index in [0.717, 1.165) is 17.3 Å². The number of amides is 2. The maximum Gasteiger partial charge on any atom is 0.302 e. The van der Waals surface area contributed by atoms with E-state index in [9.17, 15) is 9.59 Å². The van der Waals surface area contributed by atoms with Gasteiger partial charge in [0.25, 0.3) is 12.1 Å². The summed E-state index contributed by atoms with van der Waals surface area (Å²) in [6.45, 7) is 0. The second-order valence-electron chi connectivity index (χ2n) is 6.75. The quantitative estimate of drug-likeness (QED) is 0.458. The molecule has 32 heavy (non-hydrogen) atoms. The number of carbonyl (C=O) groups is 2. The molecule has 0 aliphatic carbocycles. The molecular weight excluding hydrogens is 430 g/mol. The predicted molar refractivity (Wildman–Crippen MR) is 121 cm³/mol. The Bertz CT molecular complexity index is 1210. The average Bonchev–Trinajstić information content (AvgIpc) is 3.35. The number of nitrogens with one attached hydrogen (secondary N) is 1. The number of hydrogen-bond acceptors (Lipinski definition) is 7. The molecule has 2 heterocycles. The fourth-order valence-corrected chi connectivity index (χ4v) is 3.78. The first-order valence-corrected chi connectivity index (χ1v) is 10.6. The number of para-hydroxylation sites is 1. The summed E-state index contributed by atoms with van der Waals surface area (Å²) >= 11 is 1.16. The first-order chi connectivity index (χ1) is 15.5. The molecule has 0 atom stereocenters. The van der Waals surface area contributed by atoms with Gasteiger partial charge in [0.05, 0.1) is 18.6 Å². The van der Waals surface area contributed by atoms with E-state index in [-0.39, 0.29) is 29.1 Å². The molecule has 10 heteroatoms. The largest absolute Gasteiger partial charge is 0.497 e. The Kier molecular flexibility index (Phi) is 6.31. The number of aromatic nitrogens is 2. The van der Waals surface area contributed by atoms with E-state index in [1.807, 2.05) is 54.6 Å². The summed E-state index contributed by atoms with van der Waals surface area (Å²) in [5.41, 5.74) is 1.72. The third-order valence-electron chi connectivity index (χ3n) is 4.41. The summed E-state index contributed by atoms with van der Waals surface area (Å²) in [7, 11) is 3.27. The summed E-state index contributed by atoms with van der Waals surface area (Å²) in [6.07, 6.45) is 3.24. The molecule has 0 saturated heterocycles. The van der Waals surface area contributed by atoms with Crippen molar-refractivity contribution in [1.29, 1.82) is 0 Å². The molecule has 2 amide bonds. The molecule has 1 aliphatic heterocycles. The Morgan fingerprint density at radius 1 is 1.25 bits per heavy atom. The van der Waals surface area contributed by atoms with Gasteiger partial charge in [0, 0.05) is 0 Å². The summed E-state index contributed by atoms with van der Waals surface area (Å²) < 4.78 is 11.7. The van der Waals surface area contributed by atoms with Crippen LogP contribution < -0.4 is 19.6 Å². The molecule has 1 aromatic heterocycles. The van der Waals surface area contributed by atoms with Gasteiger partial charge >= 0.3 is 5.88 Å². The smallest absolute Gasteiger partial charge is 0.302 e. The fraction of sp³-hybridized carbons (Fsp3) is 0.136. The second kappa shape index (κ2) is 9.48. The fourth-order valence-electron chi connectivity index (χ4n) is 2.97. The van der Waals surface area contributed by atoms with Gasteiger partial charge in [0.15, 0.2) is 17.5 Å². The second-order valence-corrected chi connectivity index (χ2v) is 7.70. The Labute approximate surface area is 188 Å². The minimum absolute atomic E-state index is 0.0340. The molecule has 0 unspecified atom stereocenters. The van der Waals surface area contributed by atoms with Crippen LogP contribution >= 0.6 is 11.8 Å². The minimum atomic E-state index is -0.305. The maximum atomic E-state index is 13.2. The predicted octanol–water partition coefficient (Wildman–Crippen LogP) is 2.62. The lowest BCUT2D eigenvalue weighted by Gasteiger charge is -2.17. The van der Waals surface area contributed by atoms with Crippen LogP contribution in [0.2, 0.25) is 0 Å². The molecule has 4 rings (SSSR count). The van der Waals surface area contributed by atoms with Crippen molar-refractivity contribution in [2.45, 2.75) is 0 Å². The van der Waals surface area contributed by atoms with Crippen LogP contribution in [-0.2, 0) is 16.6 Å². The van der Waals surface area contributed by atoms with Gasteiger partial charge < -0.3 is 4.74 Å². The highest BCUT2D eigenvalue weighted by Crippen LogP contribution is 2.29. The average molecular weight is 451 g/mol. The maximum absolute atomic E-state index is 13.2. The summed E-state index contributed by atoms with van der Waals surface area (Å²) in [6, 6.07) is 16.5. The first-order valence-electron chi connectivity index (χ1n) is 9.63. The van der Waals surface area contributed by atoms with E-state index in [1.165, 1.54) is 9.58 Å². The van der Waals surface area contributed by atoms with Crippen molar-refractivity contribution in [1.82, 2.24) is 5.27 Å².